The molecule has 16 heavy (non-hydrogen) atoms. The number of benzene rings is 1. The normalized spacial score (nSPS) is 12.1. The molecular formula is C10H13BrClF2NO. The van der Waals surface area contributed by atoms with Gasteiger partial charge in [-0.1, -0.05) is 13.3 Å². The van der Waals surface area contributed by atoms with Crippen molar-refractivity contribution >= 4 is 28.3 Å². The predicted molar refractivity (Wildman–Crippen MR) is 64.8 cm³/mol. The molecule has 0 spiro atoms. The zero-order valence-corrected chi connectivity index (χ0v) is 11.0. The van der Waals surface area contributed by atoms with Gasteiger partial charge in [-0.3, -0.25) is 0 Å². The summed E-state index contributed by atoms with van der Waals surface area (Å²) in [6.45, 7) is 1.92. The summed E-state index contributed by atoms with van der Waals surface area (Å²) in [4.78, 5) is 0. The summed E-state index contributed by atoms with van der Waals surface area (Å²) < 4.78 is 26.1. The maximum absolute atomic E-state index is 13.1. The molecule has 0 amide bonds. The first-order chi connectivity index (χ1) is 6.99. The fourth-order valence-electron chi connectivity index (χ4n) is 1.35. The van der Waals surface area contributed by atoms with Crippen LogP contribution in [0.15, 0.2) is 10.5 Å². The Bertz CT molecular complexity index is 376. The van der Waals surface area contributed by atoms with Gasteiger partial charge < -0.3 is 10.8 Å². The first kappa shape index (κ1) is 15.6. The molecule has 1 atom stereocenters. The van der Waals surface area contributed by atoms with Crippen molar-refractivity contribution in [2.45, 2.75) is 25.8 Å². The van der Waals surface area contributed by atoms with Crippen LogP contribution < -0.4 is 5.73 Å². The minimum absolute atomic E-state index is 0. The van der Waals surface area contributed by atoms with Crippen LogP contribution in [0.25, 0.3) is 0 Å². The van der Waals surface area contributed by atoms with Gasteiger partial charge in [-0.15, -0.1) is 12.4 Å². The van der Waals surface area contributed by atoms with Crippen LogP contribution in [0.4, 0.5) is 8.78 Å². The third-order valence-electron chi connectivity index (χ3n) is 2.17. The van der Waals surface area contributed by atoms with Gasteiger partial charge in [0.25, 0.3) is 0 Å². The van der Waals surface area contributed by atoms with Gasteiger partial charge in [-0.2, -0.15) is 4.39 Å². The molecule has 1 aromatic rings. The van der Waals surface area contributed by atoms with Crippen molar-refractivity contribution < 1.29 is 13.9 Å². The fraction of sp³-hybridized carbons (Fsp3) is 0.400. The molecule has 0 aromatic heterocycles. The molecule has 0 aliphatic carbocycles. The molecule has 0 saturated carbocycles. The van der Waals surface area contributed by atoms with E-state index in [2.05, 4.69) is 15.9 Å². The first-order valence-electron chi connectivity index (χ1n) is 4.61. The van der Waals surface area contributed by atoms with Gasteiger partial charge >= 0.3 is 0 Å². The van der Waals surface area contributed by atoms with E-state index in [-0.39, 0.29) is 22.4 Å². The molecule has 3 N–H and O–H groups in total. The minimum atomic E-state index is -1.26. The van der Waals surface area contributed by atoms with Crippen LogP contribution in [-0.4, -0.2) is 5.11 Å². The minimum Gasteiger partial charge on any atom is -0.505 e. The van der Waals surface area contributed by atoms with Gasteiger partial charge in [-0.05, 0) is 28.4 Å². The summed E-state index contributed by atoms with van der Waals surface area (Å²) in [6, 6.07) is 0.829. The Morgan fingerprint density at radius 2 is 2.00 bits per heavy atom. The van der Waals surface area contributed by atoms with Crippen LogP contribution >= 0.6 is 28.3 Å². The Hall–Kier alpha value is -0.390. The van der Waals surface area contributed by atoms with E-state index in [0.717, 1.165) is 6.42 Å². The highest BCUT2D eigenvalue weighted by Crippen LogP contribution is 2.33. The van der Waals surface area contributed by atoms with Crippen LogP contribution in [0.1, 0.15) is 31.4 Å². The number of phenols is 1. The Balaban J connectivity index is 0.00000225. The molecule has 1 rings (SSSR count). The second-order valence-electron chi connectivity index (χ2n) is 3.32. The van der Waals surface area contributed by atoms with Crippen molar-refractivity contribution in [2.75, 3.05) is 0 Å². The van der Waals surface area contributed by atoms with E-state index in [4.69, 9.17) is 5.73 Å². The molecule has 92 valence electrons. The van der Waals surface area contributed by atoms with Crippen molar-refractivity contribution in [1.82, 2.24) is 0 Å². The maximum Gasteiger partial charge on any atom is 0.201 e. The molecule has 0 heterocycles. The lowest BCUT2D eigenvalue weighted by atomic mass is 10.0. The number of phenolic OH excluding ortho intramolecular Hbond substituents is 1. The highest BCUT2D eigenvalue weighted by molar-refractivity contribution is 9.10. The predicted octanol–water partition coefficient (Wildman–Crippen LogP) is 3.65. The number of hydrogen-bond donors (Lipinski definition) is 2. The molecular weight excluding hydrogens is 303 g/mol. The lowest BCUT2D eigenvalue weighted by Crippen LogP contribution is -2.11. The zero-order chi connectivity index (χ0) is 11.6. The van der Waals surface area contributed by atoms with E-state index < -0.39 is 23.4 Å². The van der Waals surface area contributed by atoms with Crippen LogP contribution in [0, 0.1) is 11.6 Å². The summed E-state index contributed by atoms with van der Waals surface area (Å²) in [5, 5.41) is 9.38. The van der Waals surface area contributed by atoms with Crippen LogP contribution in [0.2, 0.25) is 0 Å². The highest BCUT2D eigenvalue weighted by Gasteiger charge is 2.19. The molecule has 2 nitrogen and oxygen atoms in total. The standard InChI is InChI=1S/C10H12BrF2NO.ClH/c1-2-3-7(14)5-4-6(11)8(12)9(13)10(5)15;/h4,7,15H,2-3,14H2,1H3;1H/t7-;/m1./s1. The van der Waals surface area contributed by atoms with E-state index in [0.29, 0.717) is 6.42 Å². The highest BCUT2D eigenvalue weighted by atomic mass is 79.9. The van der Waals surface area contributed by atoms with Crippen LogP contribution in [0.5, 0.6) is 5.75 Å². The van der Waals surface area contributed by atoms with Gasteiger partial charge in [0.1, 0.15) is 0 Å². The summed E-state index contributed by atoms with van der Waals surface area (Å²) >= 11 is 2.87. The fourth-order valence-corrected chi connectivity index (χ4v) is 1.77. The van der Waals surface area contributed by atoms with Gasteiger partial charge in [-0.25, -0.2) is 4.39 Å². The third kappa shape index (κ3) is 3.06. The Kier molecular flexibility index (Phi) is 6.22. The van der Waals surface area contributed by atoms with Crippen molar-refractivity contribution in [1.29, 1.82) is 0 Å². The maximum atomic E-state index is 13.1. The molecule has 0 radical (unpaired) electrons. The number of halogens is 4. The van der Waals surface area contributed by atoms with E-state index in [1.54, 1.807) is 0 Å². The monoisotopic (exact) mass is 315 g/mol. The number of aromatic hydroxyl groups is 1. The summed E-state index contributed by atoms with van der Waals surface area (Å²) in [5.74, 6) is -3.05. The van der Waals surface area contributed by atoms with Crippen molar-refractivity contribution in [3.8, 4) is 5.75 Å². The molecule has 0 bridgehead atoms. The molecule has 0 aliphatic rings. The first-order valence-corrected chi connectivity index (χ1v) is 5.40. The average molecular weight is 317 g/mol. The second kappa shape index (κ2) is 6.37. The van der Waals surface area contributed by atoms with Crippen LogP contribution in [-0.2, 0) is 0 Å². The summed E-state index contributed by atoms with van der Waals surface area (Å²) in [5.41, 5.74) is 5.95. The lowest BCUT2D eigenvalue weighted by molar-refractivity contribution is 0.394. The summed E-state index contributed by atoms with van der Waals surface area (Å²) in [7, 11) is 0. The smallest absolute Gasteiger partial charge is 0.201 e. The number of rotatable bonds is 3. The average Bonchev–Trinajstić information content (AvgIpc) is 2.20. The van der Waals surface area contributed by atoms with Gasteiger partial charge in [0.05, 0.1) is 4.47 Å². The number of nitrogens with two attached hydrogens (primary N) is 1. The van der Waals surface area contributed by atoms with Gasteiger partial charge in [0.2, 0.25) is 5.82 Å². The van der Waals surface area contributed by atoms with E-state index in [1.165, 1.54) is 6.07 Å². The van der Waals surface area contributed by atoms with E-state index in [1.807, 2.05) is 6.92 Å². The zero-order valence-electron chi connectivity index (χ0n) is 8.64. The molecule has 1 aromatic carbocycles. The van der Waals surface area contributed by atoms with Crippen molar-refractivity contribution in [2.24, 2.45) is 5.73 Å². The molecule has 0 unspecified atom stereocenters. The largest absolute Gasteiger partial charge is 0.505 e. The van der Waals surface area contributed by atoms with Crippen molar-refractivity contribution in [3.05, 3.63) is 27.7 Å². The lowest BCUT2D eigenvalue weighted by Gasteiger charge is -2.14. The number of hydrogen-bond acceptors (Lipinski definition) is 2. The molecule has 0 aliphatic heterocycles. The Morgan fingerprint density at radius 3 is 2.50 bits per heavy atom. The van der Waals surface area contributed by atoms with Gasteiger partial charge in [0.15, 0.2) is 11.6 Å². The van der Waals surface area contributed by atoms with Gasteiger partial charge in [0, 0.05) is 11.6 Å². The summed E-state index contributed by atoms with van der Waals surface area (Å²) in [6.07, 6.45) is 1.41. The topological polar surface area (TPSA) is 46.2 Å². The van der Waals surface area contributed by atoms with E-state index in [9.17, 15) is 13.9 Å². The second-order valence-corrected chi connectivity index (χ2v) is 4.17. The Labute approximate surface area is 107 Å². The van der Waals surface area contributed by atoms with Crippen molar-refractivity contribution in [3.63, 3.8) is 0 Å². The quantitative estimate of drug-likeness (QED) is 0.836. The van der Waals surface area contributed by atoms with Crippen LogP contribution in [0.3, 0.4) is 0 Å². The molecule has 0 fully saturated rings. The Morgan fingerprint density at radius 1 is 1.44 bits per heavy atom. The molecule has 0 saturated heterocycles. The third-order valence-corrected chi connectivity index (χ3v) is 2.74. The SMILES string of the molecule is CCC[C@@H](N)c1cc(Br)c(F)c(F)c1O.Cl. The molecule has 6 heteroatoms. The van der Waals surface area contributed by atoms with E-state index >= 15 is 0 Å².